The molecule has 146 valence electrons. The standard InChI is InChI=1S/C19H24N2O5S/c22-17(21-12-5-8-19(21)9-13-26-18(19)23)15-6-4-7-16(14-15)27(24,25)20-10-2-1-3-11-20/h4,6-7,14H,1-3,5,8-13H2/t19-/m1/s1. The monoisotopic (exact) mass is 392 g/mol. The summed E-state index contributed by atoms with van der Waals surface area (Å²) < 4.78 is 32.4. The predicted molar refractivity (Wildman–Crippen MR) is 97.6 cm³/mol. The van der Waals surface area contributed by atoms with E-state index in [4.69, 9.17) is 4.74 Å². The van der Waals surface area contributed by atoms with Crippen LogP contribution in [0.5, 0.6) is 0 Å². The van der Waals surface area contributed by atoms with Crippen LogP contribution in [-0.2, 0) is 19.6 Å². The fourth-order valence-corrected chi connectivity index (χ4v) is 5.96. The van der Waals surface area contributed by atoms with E-state index in [0.717, 1.165) is 25.7 Å². The molecule has 3 aliphatic rings. The fraction of sp³-hybridized carbons (Fsp3) is 0.579. The lowest BCUT2D eigenvalue weighted by molar-refractivity contribution is -0.145. The first-order valence-corrected chi connectivity index (χ1v) is 11.0. The van der Waals surface area contributed by atoms with Crippen molar-refractivity contribution in [2.75, 3.05) is 26.2 Å². The van der Waals surface area contributed by atoms with Crippen molar-refractivity contribution in [2.45, 2.75) is 49.0 Å². The molecule has 0 radical (unpaired) electrons. The van der Waals surface area contributed by atoms with Gasteiger partial charge in [0.15, 0.2) is 0 Å². The number of cyclic esters (lactones) is 1. The number of benzene rings is 1. The molecule has 3 heterocycles. The van der Waals surface area contributed by atoms with Crippen molar-refractivity contribution in [3.05, 3.63) is 29.8 Å². The average Bonchev–Trinajstić information content (AvgIpc) is 3.29. The van der Waals surface area contributed by atoms with Gasteiger partial charge >= 0.3 is 5.97 Å². The topological polar surface area (TPSA) is 84.0 Å². The number of nitrogens with zero attached hydrogens (tertiary/aromatic N) is 2. The molecule has 1 aromatic carbocycles. The van der Waals surface area contributed by atoms with E-state index in [0.29, 0.717) is 44.6 Å². The largest absolute Gasteiger partial charge is 0.464 e. The van der Waals surface area contributed by atoms with Crippen molar-refractivity contribution < 1.29 is 22.7 Å². The highest BCUT2D eigenvalue weighted by molar-refractivity contribution is 7.89. The molecule has 3 saturated heterocycles. The molecule has 3 fully saturated rings. The molecular weight excluding hydrogens is 368 g/mol. The Morgan fingerprint density at radius 1 is 1.04 bits per heavy atom. The van der Waals surface area contributed by atoms with Crippen LogP contribution in [0.3, 0.4) is 0 Å². The number of ether oxygens (including phenoxy) is 1. The van der Waals surface area contributed by atoms with Gasteiger partial charge in [0.25, 0.3) is 5.91 Å². The van der Waals surface area contributed by atoms with Gasteiger partial charge in [0, 0.05) is 31.6 Å². The Balaban J connectivity index is 1.62. The highest BCUT2D eigenvalue weighted by Crippen LogP contribution is 2.38. The number of esters is 1. The number of carbonyl (C=O) groups is 2. The number of hydrogen-bond donors (Lipinski definition) is 0. The van der Waals surface area contributed by atoms with Crippen LogP contribution in [0.25, 0.3) is 0 Å². The third-order valence-corrected chi connectivity index (χ3v) is 7.79. The van der Waals surface area contributed by atoms with Gasteiger partial charge in [-0.1, -0.05) is 12.5 Å². The SMILES string of the molecule is O=C(c1cccc(S(=O)(=O)N2CCCCC2)c1)N1CCC[C@]12CCOC2=O. The van der Waals surface area contributed by atoms with E-state index < -0.39 is 15.6 Å². The van der Waals surface area contributed by atoms with Gasteiger partial charge in [-0.15, -0.1) is 0 Å². The highest BCUT2D eigenvalue weighted by Gasteiger charge is 2.54. The maximum Gasteiger partial charge on any atom is 0.332 e. The van der Waals surface area contributed by atoms with Gasteiger partial charge < -0.3 is 9.64 Å². The summed E-state index contributed by atoms with van der Waals surface area (Å²) in [5, 5.41) is 0. The molecule has 0 bridgehead atoms. The van der Waals surface area contributed by atoms with Gasteiger partial charge in [0.1, 0.15) is 5.54 Å². The molecule has 0 aromatic heterocycles. The van der Waals surface area contributed by atoms with Crippen LogP contribution in [0, 0.1) is 0 Å². The van der Waals surface area contributed by atoms with Gasteiger partial charge in [-0.25, -0.2) is 13.2 Å². The molecule has 0 unspecified atom stereocenters. The molecule has 1 spiro atoms. The Morgan fingerprint density at radius 2 is 1.81 bits per heavy atom. The molecule has 0 aliphatic carbocycles. The minimum Gasteiger partial charge on any atom is -0.464 e. The van der Waals surface area contributed by atoms with Crippen LogP contribution < -0.4 is 0 Å². The van der Waals surface area contributed by atoms with Crippen LogP contribution in [0.15, 0.2) is 29.2 Å². The smallest absolute Gasteiger partial charge is 0.332 e. The number of piperidine rings is 1. The summed E-state index contributed by atoms with van der Waals surface area (Å²) in [5.41, 5.74) is -0.576. The van der Waals surface area contributed by atoms with Gasteiger partial charge in [0.05, 0.1) is 11.5 Å². The lowest BCUT2D eigenvalue weighted by Gasteiger charge is -2.31. The predicted octanol–water partition coefficient (Wildman–Crippen LogP) is 1.78. The third kappa shape index (κ3) is 3.04. The number of likely N-dealkylation sites (tertiary alicyclic amines) is 1. The van der Waals surface area contributed by atoms with Crippen molar-refractivity contribution in [1.82, 2.24) is 9.21 Å². The zero-order valence-electron chi connectivity index (χ0n) is 15.2. The number of rotatable bonds is 3. The van der Waals surface area contributed by atoms with E-state index in [2.05, 4.69) is 0 Å². The summed E-state index contributed by atoms with van der Waals surface area (Å²) in [6.45, 7) is 1.84. The lowest BCUT2D eigenvalue weighted by atomic mass is 9.94. The van der Waals surface area contributed by atoms with Crippen LogP contribution in [0.4, 0.5) is 0 Å². The zero-order chi connectivity index (χ0) is 19.1. The van der Waals surface area contributed by atoms with Crippen molar-refractivity contribution in [3.63, 3.8) is 0 Å². The molecule has 4 rings (SSSR count). The number of hydrogen-bond acceptors (Lipinski definition) is 5. The molecular formula is C19H24N2O5S. The summed E-state index contributed by atoms with van der Waals surface area (Å²) in [6.07, 6.45) is 4.60. The quantitative estimate of drug-likeness (QED) is 0.732. The van der Waals surface area contributed by atoms with Crippen molar-refractivity contribution in [3.8, 4) is 0 Å². The zero-order valence-corrected chi connectivity index (χ0v) is 16.0. The van der Waals surface area contributed by atoms with Crippen molar-refractivity contribution in [2.24, 2.45) is 0 Å². The Bertz CT molecular complexity index is 859. The van der Waals surface area contributed by atoms with E-state index in [1.807, 2.05) is 0 Å². The molecule has 27 heavy (non-hydrogen) atoms. The minimum atomic E-state index is -3.61. The van der Waals surface area contributed by atoms with E-state index in [1.165, 1.54) is 16.4 Å². The highest BCUT2D eigenvalue weighted by atomic mass is 32.2. The third-order valence-electron chi connectivity index (χ3n) is 5.90. The minimum absolute atomic E-state index is 0.137. The first kappa shape index (κ1) is 18.4. The van der Waals surface area contributed by atoms with E-state index in [1.54, 1.807) is 17.0 Å². The van der Waals surface area contributed by atoms with Gasteiger partial charge in [-0.2, -0.15) is 4.31 Å². The molecule has 1 atom stereocenters. The normalized spacial score (nSPS) is 26.5. The van der Waals surface area contributed by atoms with E-state index in [9.17, 15) is 18.0 Å². The number of amides is 1. The Labute approximate surface area is 159 Å². The summed E-state index contributed by atoms with van der Waals surface area (Å²) in [6, 6.07) is 6.19. The van der Waals surface area contributed by atoms with Crippen LogP contribution >= 0.6 is 0 Å². The molecule has 1 amide bonds. The Kier molecular flexibility index (Phi) is 4.71. The second-order valence-electron chi connectivity index (χ2n) is 7.47. The summed E-state index contributed by atoms with van der Waals surface area (Å²) in [7, 11) is -3.61. The Morgan fingerprint density at radius 3 is 2.52 bits per heavy atom. The first-order valence-electron chi connectivity index (χ1n) is 9.55. The summed E-state index contributed by atoms with van der Waals surface area (Å²) >= 11 is 0. The maximum absolute atomic E-state index is 13.1. The number of carbonyl (C=O) groups excluding carboxylic acids is 2. The van der Waals surface area contributed by atoms with E-state index >= 15 is 0 Å². The van der Waals surface area contributed by atoms with Crippen LogP contribution in [-0.4, -0.2) is 61.3 Å². The number of sulfonamides is 1. The average molecular weight is 392 g/mol. The van der Waals surface area contributed by atoms with Crippen LogP contribution in [0.2, 0.25) is 0 Å². The second-order valence-corrected chi connectivity index (χ2v) is 9.41. The summed E-state index contributed by atoms with van der Waals surface area (Å²) in [4.78, 5) is 27.1. The molecule has 3 aliphatic heterocycles. The fourth-order valence-electron chi connectivity index (χ4n) is 4.40. The van der Waals surface area contributed by atoms with Crippen molar-refractivity contribution in [1.29, 1.82) is 0 Å². The molecule has 0 N–H and O–H groups in total. The first-order chi connectivity index (χ1) is 12.9. The molecule has 7 nitrogen and oxygen atoms in total. The molecule has 1 aromatic rings. The van der Waals surface area contributed by atoms with Crippen LogP contribution in [0.1, 0.15) is 48.9 Å². The van der Waals surface area contributed by atoms with Crippen molar-refractivity contribution >= 4 is 21.9 Å². The van der Waals surface area contributed by atoms with Gasteiger partial charge in [-0.3, -0.25) is 4.79 Å². The lowest BCUT2D eigenvalue weighted by Crippen LogP contribution is -2.50. The van der Waals surface area contributed by atoms with E-state index in [-0.39, 0.29) is 16.8 Å². The van der Waals surface area contributed by atoms with Gasteiger partial charge in [-0.05, 0) is 43.9 Å². The molecule has 8 heteroatoms. The Hall–Kier alpha value is -1.93. The van der Waals surface area contributed by atoms with Gasteiger partial charge in [0.2, 0.25) is 10.0 Å². The molecule has 0 saturated carbocycles. The maximum atomic E-state index is 13.1. The second kappa shape index (κ2) is 6.91. The summed E-state index contributed by atoms with van der Waals surface area (Å²) in [5.74, 6) is -0.646.